The molecule has 1 atom stereocenters. The van der Waals surface area contributed by atoms with Crippen LogP contribution < -0.4 is 24.4 Å². The average molecular weight is 485 g/mol. The van der Waals surface area contributed by atoms with E-state index in [4.69, 9.17) is 19.2 Å². The molecule has 3 aromatic carbocycles. The molecule has 1 aliphatic heterocycles. The number of methoxy groups -OCH3 is 2. The molecule has 1 aliphatic rings. The molecule has 8 nitrogen and oxygen atoms in total. The van der Waals surface area contributed by atoms with Crippen molar-refractivity contribution < 1.29 is 19.0 Å². The highest BCUT2D eigenvalue weighted by Crippen LogP contribution is 2.32. The van der Waals surface area contributed by atoms with Crippen molar-refractivity contribution in [1.29, 1.82) is 0 Å². The first-order valence-corrected chi connectivity index (χ1v) is 11.9. The number of hydrogen-bond acceptors (Lipinski definition) is 7. The topological polar surface area (TPSA) is 85.8 Å². The summed E-state index contributed by atoms with van der Waals surface area (Å²) in [4.78, 5) is 24.6. The molecule has 36 heavy (non-hydrogen) atoms. The minimum atomic E-state index is -0.179. The van der Waals surface area contributed by atoms with E-state index in [1.54, 1.807) is 14.2 Å². The smallest absolute Gasteiger partial charge is 0.257 e. The molecule has 8 heteroatoms. The molecule has 1 N–H and O–H groups in total. The van der Waals surface area contributed by atoms with Gasteiger partial charge in [0, 0.05) is 18.8 Å². The standard InChI is InChI=1S/C28H28N4O4/c1-34-24-11-5-6-12-25(24)36-21-15-13-20(14-16-21)29-27(33)19-8-7-17-32(18-19)26-28(35-2)31-23-10-4-3-9-22(23)30-26/h3-6,9-16,19H,7-8,17-18H2,1-2H3,(H,29,33)/t19-/m1/s1. The fourth-order valence-corrected chi connectivity index (χ4v) is 4.38. The fraction of sp³-hybridized carbons (Fsp3) is 0.250. The van der Waals surface area contributed by atoms with Crippen LogP contribution in [-0.4, -0.2) is 43.2 Å². The second-order valence-corrected chi connectivity index (χ2v) is 8.60. The highest BCUT2D eigenvalue weighted by atomic mass is 16.5. The predicted molar refractivity (Wildman–Crippen MR) is 139 cm³/mol. The van der Waals surface area contributed by atoms with Gasteiger partial charge in [-0.05, 0) is 61.4 Å². The number of aromatic nitrogens is 2. The highest BCUT2D eigenvalue weighted by Gasteiger charge is 2.29. The van der Waals surface area contributed by atoms with Gasteiger partial charge in [-0.3, -0.25) is 4.79 Å². The number of ether oxygens (including phenoxy) is 3. The summed E-state index contributed by atoms with van der Waals surface area (Å²) in [5.74, 6) is 2.89. The predicted octanol–water partition coefficient (Wildman–Crippen LogP) is 5.29. The lowest BCUT2D eigenvalue weighted by Crippen LogP contribution is -2.41. The number of benzene rings is 3. The van der Waals surface area contributed by atoms with Gasteiger partial charge in [0.05, 0.1) is 31.2 Å². The molecular weight excluding hydrogens is 456 g/mol. The third-order valence-corrected chi connectivity index (χ3v) is 6.23. The number of amides is 1. The first-order valence-electron chi connectivity index (χ1n) is 11.9. The zero-order valence-electron chi connectivity index (χ0n) is 20.3. The van der Waals surface area contributed by atoms with Crippen LogP contribution in [0.1, 0.15) is 12.8 Å². The summed E-state index contributed by atoms with van der Waals surface area (Å²) in [5.41, 5.74) is 2.30. The van der Waals surface area contributed by atoms with Gasteiger partial charge in [0.2, 0.25) is 5.91 Å². The summed E-state index contributed by atoms with van der Waals surface area (Å²) in [6.07, 6.45) is 1.68. The van der Waals surface area contributed by atoms with E-state index in [1.807, 2.05) is 72.8 Å². The van der Waals surface area contributed by atoms with Crippen LogP contribution in [0.5, 0.6) is 23.1 Å². The van der Waals surface area contributed by atoms with Crippen molar-refractivity contribution in [2.75, 3.05) is 37.5 Å². The van der Waals surface area contributed by atoms with Crippen LogP contribution >= 0.6 is 0 Å². The van der Waals surface area contributed by atoms with Crippen molar-refractivity contribution in [3.05, 3.63) is 72.8 Å². The first-order chi connectivity index (χ1) is 17.6. The average Bonchev–Trinajstić information content (AvgIpc) is 2.93. The lowest BCUT2D eigenvalue weighted by atomic mass is 9.97. The molecule has 0 unspecified atom stereocenters. The van der Waals surface area contributed by atoms with E-state index in [9.17, 15) is 4.79 Å². The van der Waals surface area contributed by atoms with Crippen molar-refractivity contribution in [2.24, 2.45) is 5.92 Å². The van der Waals surface area contributed by atoms with Crippen LogP contribution in [0.15, 0.2) is 72.8 Å². The third kappa shape index (κ3) is 5.02. The van der Waals surface area contributed by atoms with E-state index in [0.29, 0.717) is 41.2 Å². The molecule has 0 bridgehead atoms. The first kappa shape index (κ1) is 23.4. The number of hydrogen-bond donors (Lipinski definition) is 1. The Labute approximate surface area is 209 Å². The van der Waals surface area contributed by atoms with Gasteiger partial charge in [0.15, 0.2) is 17.3 Å². The molecule has 0 saturated carbocycles. The second-order valence-electron chi connectivity index (χ2n) is 8.60. The number of rotatable bonds is 7. The Morgan fingerprint density at radius 3 is 2.31 bits per heavy atom. The van der Waals surface area contributed by atoms with E-state index < -0.39 is 0 Å². The summed E-state index contributed by atoms with van der Waals surface area (Å²) < 4.78 is 16.8. The van der Waals surface area contributed by atoms with E-state index in [0.717, 1.165) is 30.4 Å². The molecule has 1 aromatic heterocycles. The number of fused-ring (bicyclic) bond motifs is 1. The van der Waals surface area contributed by atoms with Crippen molar-refractivity contribution in [2.45, 2.75) is 12.8 Å². The molecule has 1 fully saturated rings. The number of piperidine rings is 1. The minimum Gasteiger partial charge on any atom is -0.493 e. The Bertz CT molecular complexity index is 1360. The number of anilines is 2. The van der Waals surface area contributed by atoms with Gasteiger partial charge in [-0.15, -0.1) is 0 Å². The lowest BCUT2D eigenvalue weighted by Gasteiger charge is -2.33. The molecule has 4 aromatic rings. The summed E-state index contributed by atoms with van der Waals surface area (Å²) in [7, 11) is 3.20. The van der Waals surface area contributed by atoms with E-state index in [1.165, 1.54) is 0 Å². The van der Waals surface area contributed by atoms with Gasteiger partial charge in [-0.2, -0.15) is 0 Å². The van der Waals surface area contributed by atoms with Gasteiger partial charge in [-0.25, -0.2) is 9.97 Å². The largest absolute Gasteiger partial charge is 0.493 e. The Kier molecular flexibility index (Phi) is 6.84. The Morgan fingerprint density at radius 2 is 1.58 bits per heavy atom. The van der Waals surface area contributed by atoms with Crippen molar-refractivity contribution >= 4 is 28.4 Å². The number of carbonyl (C=O) groups excluding carboxylic acids is 1. The Morgan fingerprint density at radius 1 is 0.889 bits per heavy atom. The number of nitrogens with one attached hydrogen (secondary N) is 1. The van der Waals surface area contributed by atoms with E-state index in [-0.39, 0.29) is 11.8 Å². The van der Waals surface area contributed by atoms with Crippen molar-refractivity contribution in [3.8, 4) is 23.1 Å². The number of para-hydroxylation sites is 4. The summed E-state index contributed by atoms with van der Waals surface area (Å²) in [6, 6.07) is 22.5. The van der Waals surface area contributed by atoms with Gasteiger partial charge in [-0.1, -0.05) is 24.3 Å². The van der Waals surface area contributed by atoms with Crippen LogP contribution in [0, 0.1) is 5.92 Å². The third-order valence-electron chi connectivity index (χ3n) is 6.23. The molecule has 1 amide bonds. The number of carbonyl (C=O) groups is 1. The van der Waals surface area contributed by atoms with Crippen LogP contribution in [0.3, 0.4) is 0 Å². The Hall–Kier alpha value is -4.33. The summed E-state index contributed by atoms with van der Waals surface area (Å²) in [6.45, 7) is 1.34. The van der Waals surface area contributed by atoms with Crippen LogP contribution in [0.2, 0.25) is 0 Å². The maximum absolute atomic E-state index is 13.1. The molecule has 0 spiro atoms. The summed E-state index contributed by atoms with van der Waals surface area (Å²) in [5, 5.41) is 3.04. The maximum Gasteiger partial charge on any atom is 0.257 e. The fourth-order valence-electron chi connectivity index (χ4n) is 4.38. The zero-order valence-corrected chi connectivity index (χ0v) is 20.3. The van der Waals surface area contributed by atoms with Crippen LogP contribution in [0.4, 0.5) is 11.5 Å². The molecule has 2 heterocycles. The van der Waals surface area contributed by atoms with Crippen molar-refractivity contribution in [1.82, 2.24) is 9.97 Å². The van der Waals surface area contributed by atoms with Crippen molar-refractivity contribution in [3.63, 3.8) is 0 Å². The van der Waals surface area contributed by atoms with Gasteiger partial charge in [0.1, 0.15) is 5.75 Å². The normalized spacial score (nSPS) is 15.4. The molecule has 0 radical (unpaired) electrons. The highest BCUT2D eigenvalue weighted by molar-refractivity contribution is 5.93. The van der Waals surface area contributed by atoms with Gasteiger partial charge < -0.3 is 24.4 Å². The molecule has 1 saturated heterocycles. The van der Waals surface area contributed by atoms with Crippen LogP contribution in [-0.2, 0) is 4.79 Å². The molecule has 5 rings (SSSR count). The lowest BCUT2D eigenvalue weighted by molar-refractivity contribution is -0.120. The molecular formula is C28H28N4O4. The summed E-state index contributed by atoms with van der Waals surface area (Å²) >= 11 is 0. The van der Waals surface area contributed by atoms with Crippen LogP contribution in [0.25, 0.3) is 11.0 Å². The molecule has 0 aliphatic carbocycles. The van der Waals surface area contributed by atoms with Gasteiger partial charge >= 0.3 is 0 Å². The minimum absolute atomic E-state index is 0.0224. The second kappa shape index (κ2) is 10.5. The SMILES string of the molecule is COc1ccccc1Oc1ccc(NC(=O)[C@@H]2CCCN(c3nc4ccccc4nc3OC)C2)cc1. The van der Waals surface area contributed by atoms with E-state index >= 15 is 0 Å². The number of nitrogens with zero attached hydrogens (tertiary/aromatic N) is 3. The maximum atomic E-state index is 13.1. The van der Waals surface area contributed by atoms with E-state index in [2.05, 4.69) is 15.2 Å². The molecule has 184 valence electrons. The van der Waals surface area contributed by atoms with Gasteiger partial charge in [0.25, 0.3) is 5.88 Å². The zero-order chi connectivity index (χ0) is 24.9. The quantitative estimate of drug-likeness (QED) is 0.381. The Balaban J connectivity index is 1.25. The monoisotopic (exact) mass is 484 g/mol.